The summed E-state index contributed by atoms with van der Waals surface area (Å²) in [5.41, 5.74) is 3.39. The lowest BCUT2D eigenvalue weighted by molar-refractivity contribution is 0.319. The van der Waals surface area contributed by atoms with Crippen LogP contribution in [0.3, 0.4) is 0 Å². The van der Waals surface area contributed by atoms with Crippen molar-refractivity contribution in [3.63, 3.8) is 0 Å². The molecule has 2 heteroatoms. The quantitative estimate of drug-likeness (QED) is 0.509. The second-order valence-corrected chi connectivity index (χ2v) is 5.64. The molecule has 1 aliphatic rings. The van der Waals surface area contributed by atoms with Crippen molar-refractivity contribution in [3.8, 4) is 0 Å². The molecule has 0 spiro atoms. The number of hydrazine groups is 1. The topological polar surface area (TPSA) is 38.0 Å². The molecule has 78 valence electrons. The van der Waals surface area contributed by atoms with Crippen LogP contribution in [0.4, 0.5) is 0 Å². The Morgan fingerprint density at radius 2 is 2.00 bits per heavy atom. The first-order valence-corrected chi connectivity index (χ1v) is 5.47. The van der Waals surface area contributed by atoms with E-state index in [2.05, 4.69) is 26.2 Å². The van der Waals surface area contributed by atoms with Crippen LogP contribution < -0.4 is 11.3 Å². The van der Waals surface area contributed by atoms with Crippen LogP contribution in [-0.4, -0.2) is 6.04 Å². The van der Waals surface area contributed by atoms with Crippen molar-refractivity contribution in [3.05, 3.63) is 0 Å². The molecule has 1 unspecified atom stereocenters. The molecule has 2 nitrogen and oxygen atoms in total. The van der Waals surface area contributed by atoms with Crippen LogP contribution in [0.1, 0.15) is 52.9 Å². The van der Waals surface area contributed by atoms with Gasteiger partial charge in [-0.1, -0.05) is 33.6 Å². The third-order valence-electron chi connectivity index (χ3n) is 2.79. The van der Waals surface area contributed by atoms with Gasteiger partial charge in [-0.2, -0.15) is 0 Å². The predicted octanol–water partition coefficient (Wildman–Crippen LogP) is 2.44. The summed E-state index contributed by atoms with van der Waals surface area (Å²) in [5.74, 6) is 6.50. The SMILES string of the molecule is CC(C)(C)CCC(CC1CC1)NN. The van der Waals surface area contributed by atoms with Crippen LogP contribution in [0.2, 0.25) is 0 Å². The van der Waals surface area contributed by atoms with Gasteiger partial charge in [-0.05, 0) is 30.6 Å². The van der Waals surface area contributed by atoms with E-state index in [-0.39, 0.29) is 0 Å². The fraction of sp³-hybridized carbons (Fsp3) is 1.00. The molecule has 0 aromatic carbocycles. The van der Waals surface area contributed by atoms with E-state index in [1.54, 1.807) is 0 Å². The molecule has 0 aliphatic heterocycles. The first kappa shape index (κ1) is 11.0. The number of hydrogen-bond donors (Lipinski definition) is 2. The molecule has 1 saturated carbocycles. The van der Waals surface area contributed by atoms with E-state index in [4.69, 9.17) is 5.84 Å². The molecular weight excluding hydrogens is 160 g/mol. The van der Waals surface area contributed by atoms with Crippen LogP contribution in [0.25, 0.3) is 0 Å². The molecule has 0 radical (unpaired) electrons. The standard InChI is InChI=1S/C11H24N2/c1-11(2,3)7-6-10(13-12)8-9-4-5-9/h9-10,13H,4-8,12H2,1-3H3. The Balaban J connectivity index is 2.14. The maximum Gasteiger partial charge on any atom is 0.0213 e. The first-order valence-electron chi connectivity index (χ1n) is 5.47. The minimum Gasteiger partial charge on any atom is -0.271 e. The van der Waals surface area contributed by atoms with E-state index < -0.39 is 0 Å². The average molecular weight is 184 g/mol. The minimum absolute atomic E-state index is 0.443. The molecule has 0 aromatic heterocycles. The van der Waals surface area contributed by atoms with E-state index in [9.17, 15) is 0 Å². The smallest absolute Gasteiger partial charge is 0.0213 e. The largest absolute Gasteiger partial charge is 0.271 e. The van der Waals surface area contributed by atoms with Gasteiger partial charge >= 0.3 is 0 Å². The van der Waals surface area contributed by atoms with Gasteiger partial charge in [0.2, 0.25) is 0 Å². The minimum atomic E-state index is 0.443. The Morgan fingerprint density at radius 3 is 2.38 bits per heavy atom. The first-order chi connectivity index (χ1) is 6.01. The van der Waals surface area contributed by atoms with E-state index in [1.807, 2.05) is 0 Å². The van der Waals surface area contributed by atoms with Gasteiger partial charge in [0.15, 0.2) is 0 Å². The Labute approximate surface area is 82.2 Å². The van der Waals surface area contributed by atoms with Gasteiger partial charge in [-0.25, -0.2) is 0 Å². The molecule has 1 fully saturated rings. The summed E-state index contributed by atoms with van der Waals surface area (Å²) in [6.07, 6.45) is 6.61. The van der Waals surface area contributed by atoms with E-state index in [0.717, 1.165) is 5.92 Å². The van der Waals surface area contributed by atoms with Gasteiger partial charge in [-0.3, -0.25) is 11.3 Å². The van der Waals surface area contributed by atoms with Crippen LogP contribution in [-0.2, 0) is 0 Å². The molecule has 1 rings (SSSR count). The van der Waals surface area contributed by atoms with Crippen molar-refractivity contribution in [1.29, 1.82) is 0 Å². The van der Waals surface area contributed by atoms with Gasteiger partial charge in [0, 0.05) is 6.04 Å². The molecule has 1 atom stereocenters. The van der Waals surface area contributed by atoms with Gasteiger partial charge in [0.25, 0.3) is 0 Å². The van der Waals surface area contributed by atoms with E-state index in [0.29, 0.717) is 11.5 Å². The van der Waals surface area contributed by atoms with Crippen molar-refractivity contribution in [2.75, 3.05) is 0 Å². The summed E-state index contributed by atoms with van der Waals surface area (Å²) in [4.78, 5) is 0. The van der Waals surface area contributed by atoms with Crippen molar-refractivity contribution < 1.29 is 0 Å². The molecule has 0 heterocycles. The second-order valence-electron chi connectivity index (χ2n) is 5.64. The Bertz CT molecular complexity index is 145. The lowest BCUT2D eigenvalue weighted by Gasteiger charge is -2.22. The number of rotatable bonds is 5. The zero-order valence-electron chi connectivity index (χ0n) is 9.27. The number of nitrogens with two attached hydrogens (primary N) is 1. The summed E-state index contributed by atoms with van der Waals surface area (Å²) in [5, 5.41) is 0. The second kappa shape index (κ2) is 4.43. The maximum absolute atomic E-state index is 5.53. The zero-order valence-corrected chi connectivity index (χ0v) is 9.27. The highest BCUT2D eigenvalue weighted by atomic mass is 15.2. The van der Waals surface area contributed by atoms with E-state index >= 15 is 0 Å². The highest BCUT2D eigenvalue weighted by Crippen LogP contribution is 2.35. The average Bonchev–Trinajstić information content (AvgIpc) is 2.79. The summed E-state index contributed by atoms with van der Waals surface area (Å²) in [6.45, 7) is 6.87. The molecular formula is C11H24N2. The fourth-order valence-electron chi connectivity index (χ4n) is 1.63. The van der Waals surface area contributed by atoms with Gasteiger partial charge < -0.3 is 0 Å². The lowest BCUT2D eigenvalue weighted by Crippen LogP contribution is -2.36. The third kappa shape index (κ3) is 5.27. The lowest BCUT2D eigenvalue weighted by atomic mass is 9.88. The molecule has 13 heavy (non-hydrogen) atoms. The van der Waals surface area contributed by atoms with Crippen LogP contribution in [0.15, 0.2) is 0 Å². The molecule has 1 aliphatic carbocycles. The molecule has 0 amide bonds. The van der Waals surface area contributed by atoms with Crippen molar-refractivity contribution in [1.82, 2.24) is 5.43 Å². The van der Waals surface area contributed by atoms with Crippen molar-refractivity contribution in [2.24, 2.45) is 17.2 Å². The van der Waals surface area contributed by atoms with Crippen LogP contribution in [0, 0.1) is 11.3 Å². The summed E-state index contributed by atoms with van der Waals surface area (Å²) in [7, 11) is 0. The zero-order chi connectivity index (χ0) is 9.90. The molecule has 0 bridgehead atoms. The van der Waals surface area contributed by atoms with Crippen LogP contribution >= 0.6 is 0 Å². The van der Waals surface area contributed by atoms with Gasteiger partial charge in [0.1, 0.15) is 0 Å². The summed E-state index contributed by atoms with van der Waals surface area (Å²) >= 11 is 0. The van der Waals surface area contributed by atoms with Crippen LogP contribution in [0.5, 0.6) is 0 Å². The van der Waals surface area contributed by atoms with Crippen molar-refractivity contribution in [2.45, 2.75) is 58.9 Å². The molecule has 0 saturated heterocycles. The Hall–Kier alpha value is -0.0800. The maximum atomic E-state index is 5.53. The third-order valence-corrected chi connectivity index (χ3v) is 2.79. The van der Waals surface area contributed by atoms with Gasteiger partial charge in [-0.15, -0.1) is 0 Å². The highest BCUT2D eigenvalue weighted by Gasteiger charge is 2.25. The summed E-state index contributed by atoms with van der Waals surface area (Å²) < 4.78 is 0. The normalized spacial score (nSPS) is 20.3. The van der Waals surface area contributed by atoms with Crippen molar-refractivity contribution >= 4 is 0 Å². The van der Waals surface area contributed by atoms with Gasteiger partial charge in [0.05, 0.1) is 0 Å². The highest BCUT2D eigenvalue weighted by molar-refractivity contribution is 4.80. The summed E-state index contributed by atoms with van der Waals surface area (Å²) in [6, 6.07) is 0.548. The van der Waals surface area contributed by atoms with E-state index in [1.165, 1.54) is 32.1 Å². The predicted molar refractivity (Wildman–Crippen MR) is 57.1 cm³/mol. The molecule has 0 aromatic rings. The molecule has 3 N–H and O–H groups in total. The fourth-order valence-corrected chi connectivity index (χ4v) is 1.63. The number of nitrogens with one attached hydrogen (secondary N) is 1. The monoisotopic (exact) mass is 184 g/mol. The Morgan fingerprint density at radius 1 is 1.38 bits per heavy atom. The Kier molecular flexibility index (Phi) is 3.74. The number of hydrogen-bond acceptors (Lipinski definition) is 2.